The summed E-state index contributed by atoms with van der Waals surface area (Å²) >= 11 is 5.78. The topological polar surface area (TPSA) is 57.0 Å². The van der Waals surface area contributed by atoms with Crippen LogP contribution < -0.4 is 0 Å². The van der Waals surface area contributed by atoms with Crippen molar-refractivity contribution in [1.29, 1.82) is 0 Å². The fourth-order valence-electron chi connectivity index (χ4n) is 1.39. The number of halogens is 2. The Bertz CT molecular complexity index is 585. The van der Waals surface area contributed by atoms with Gasteiger partial charge in [-0.05, 0) is 18.2 Å². The Balaban J connectivity index is 2.21. The fraction of sp³-hybridized carbons (Fsp3) is 0.182. The largest absolute Gasteiger partial charge is 0.463 e. The molecule has 0 N–H and O–H groups in total. The van der Waals surface area contributed by atoms with E-state index in [0.29, 0.717) is 10.6 Å². The quantitative estimate of drug-likeness (QED) is 0.799. The molecule has 1 aromatic carbocycles. The SMILES string of the molecule is COC(=O)c1ncn(Cc2cc(Cl)ccc2F)n1. The lowest BCUT2D eigenvalue weighted by atomic mass is 10.2. The minimum Gasteiger partial charge on any atom is -0.463 e. The first-order valence-electron chi connectivity index (χ1n) is 5.02. The second-order valence-electron chi connectivity index (χ2n) is 3.49. The lowest BCUT2D eigenvalue weighted by molar-refractivity contribution is 0.0586. The number of hydrogen-bond donors (Lipinski definition) is 0. The van der Waals surface area contributed by atoms with Crippen molar-refractivity contribution in [2.45, 2.75) is 6.54 Å². The van der Waals surface area contributed by atoms with Crippen LogP contribution in [0.1, 0.15) is 16.2 Å². The first kappa shape index (κ1) is 12.5. The molecule has 18 heavy (non-hydrogen) atoms. The van der Waals surface area contributed by atoms with Gasteiger partial charge < -0.3 is 4.74 Å². The van der Waals surface area contributed by atoms with Crippen LogP contribution in [0.15, 0.2) is 24.5 Å². The zero-order valence-electron chi connectivity index (χ0n) is 9.43. The highest BCUT2D eigenvalue weighted by molar-refractivity contribution is 6.30. The van der Waals surface area contributed by atoms with Gasteiger partial charge in [-0.1, -0.05) is 11.6 Å². The van der Waals surface area contributed by atoms with Gasteiger partial charge in [0.05, 0.1) is 13.7 Å². The van der Waals surface area contributed by atoms with Crippen molar-refractivity contribution in [3.8, 4) is 0 Å². The van der Waals surface area contributed by atoms with E-state index in [9.17, 15) is 9.18 Å². The number of esters is 1. The average Bonchev–Trinajstić information content (AvgIpc) is 2.81. The summed E-state index contributed by atoms with van der Waals surface area (Å²) in [7, 11) is 1.24. The van der Waals surface area contributed by atoms with E-state index >= 15 is 0 Å². The predicted molar refractivity (Wildman–Crippen MR) is 61.9 cm³/mol. The van der Waals surface area contributed by atoms with Gasteiger partial charge in [0.25, 0.3) is 5.82 Å². The molecule has 0 radical (unpaired) electrons. The summed E-state index contributed by atoms with van der Waals surface area (Å²) in [5.74, 6) is -1.10. The van der Waals surface area contributed by atoms with E-state index in [1.54, 1.807) is 0 Å². The maximum atomic E-state index is 13.5. The minimum atomic E-state index is -0.639. The van der Waals surface area contributed by atoms with Crippen molar-refractivity contribution < 1.29 is 13.9 Å². The van der Waals surface area contributed by atoms with E-state index < -0.39 is 11.8 Å². The van der Waals surface area contributed by atoms with Crippen LogP contribution in [-0.2, 0) is 11.3 Å². The Hall–Kier alpha value is -1.95. The summed E-state index contributed by atoms with van der Waals surface area (Å²) in [5, 5.41) is 4.30. The molecule has 1 aromatic heterocycles. The third-order valence-electron chi connectivity index (χ3n) is 2.24. The summed E-state index contributed by atoms with van der Waals surface area (Å²) < 4.78 is 19.3. The molecular weight excluding hydrogens is 261 g/mol. The third kappa shape index (κ3) is 2.65. The highest BCUT2D eigenvalue weighted by Crippen LogP contribution is 2.15. The second-order valence-corrected chi connectivity index (χ2v) is 3.93. The molecule has 0 aliphatic heterocycles. The Kier molecular flexibility index (Phi) is 3.57. The van der Waals surface area contributed by atoms with Crippen molar-refractivity contribution >= 4 is 17.6 Å². The van der Waals surface area contributed by atoms with Crippen LogP contribution in [-0.4, -0.2) is 27.8 Å². The summed E-state index contributed by atoms with van der Waals surface area (Å²) in [6, 6.07) is 4.23. The summed E-state index contributed by atoms with van der Waals surface area (Å²) in [4.78, 5) is 14.9. The maximum absolute atomic E-state index is 13.5. The zero-order chi connectivity index (χ0) is 13.1. The molecule has 0 aliphatic rings. The van der Waals surface area contributed by atoms with Gasteiger partial charge >= 0.3 is 5.97 Å². The van der Waals surface area contributed by atoms with E-state index in [-0.39, 0.29) is 12.4 Å². The molecule has 2 aromatic rings. The van der Waals surface area contributed by atoms with Crippen LogP contribution in [0.4, 0.5) is 4.39 Å². The molecular formula is C11H9ClFN3O2. The van der Waals surface area contributed by atoms with Crippen LogP contribution in [0.5, 0.6) is 0 Å². The van der Waals surface area contributed by atoms with Crippen LogP contribution in [0.3, 0.4) is 0 Å². The molecule has 7 heteroatoms. The number of carbonyl (C=O) groups is 1. The Morgan fingerprint density at radius 2 is 2.33 bits per heavy atom. The number of aromatic nitrogens is 3. The first-order chi connectivity index (χ1) is 8.60. The Morgan fingerprint density at radius 3 is 3.06 bits per heavy atom. The normalized spacial score (nSPS) is 10.4. The highest BCUT2D eigenvalue weighted by atomic mass is 35.5. The number of benzene rings is 1. The molecule has 0 spiro atoms. The van der Waals surface area contributed by atoms with E-state index in [1.165, 1.54) is 36.3 Å². The van der Waals surface area contributed by atoms with Crippen LogP contribution in [0, 0.1) is 5.82 Å². The summed E-state index contributed by atoms with van der Waals surface area (Å²) in [6.07, 6.45) is 1.33. The molecule has 0 unspecified atom stereocenters. The lowest BCUT2D eigenvalue weighted by Crippen LogP contribution is -2.07. The first-order valence-corrected chi connectivity index (χ1v) is 5.39. The molecule has 0 fully saturated rings. The monoisotopic (exact) mass is 269 g/mol. The second kappa shape index (κ2) is 5.14. The van der Waals surface area contributed by atoms with E-state index in [0.717, 1.165) is 0 Å². The van der Waals surface area contributed by atoms with Gasteiger partial charge in [-0.25, -0.2) is 18.9 Å². The van der Waals surface area contributed by atoms with Gasteiger partial charge in [0, 0.05) is 10.6 Å². The van der Waals surface area contributed by atoms with Crippen LogP contribution in [0.25, 0.3) is 0 Å². The summed E-state index contributed by atoms with van der Waals surface area (Å²) in [6.45, 7) is 0.135. The number of carbonyl (C=O) groups excluding carboxylic acids is 1. The number of ether oxygens (including phenoxy) is 1. The highest BCUT2D eigenvalue weighted by Gasteiger charge is 2.12. The number of methoxy groups -OCH3 is 1. The van der Waals surface area contributed by atoms with E-state index in [1.807, 2.05) is 0 Å². The number of nitrogens with zero attached hydrogens (tertiary/aromatic N) is 3. The molecule has 2 rings (SSSR count). The minimum absolute atomic E-state index is 0.0695. The molecule has 0 saturated heterocycles. The molecule has 5 nitrogen and oxygen atoms in total. The van der Waals surface area contributed by atoms with Crippen molar-refractivity contribution in [2.24, 2.45) is 0 Å². The zero-order valence-corrected chi connectivity index (χ0v) is 10.2. The van der Waals surface area contributed by atoms with Gasteiger partial charge in [0.15, 0.2) is 0 Å². The van der Waals surface area contributed by atoms with Gasteiger partial charge in [0.1, 0.15) is 12.1 Å². The molecule has 0 atom stereocenters. The summed E-state index contributed by atoms with van der Waals surface area (Å²) in [5.41, 5.74) is 0.365. The number of hydrogen-bond acceptors (Lipinski definition) is 4. The van der Waals surface area contributed by atoms with E-state index in [2.05, 4.69) is 14.8 Å². The molecule has 1 heterocycles. The van der Waals surface area contributed by atoms with Crippen LogP contribution >= 0.6 is 11.6 Å². The molecule has 0 amide bonds. The van der Waals surface area contributed by atoms with Gasteiger partial charge in [-0.2, -0.15) is 0 Å². The van der Waals surface area contributed by atoms with Gasteiger partial charge in [-0.3, -0.25) is 0 Å². The third-order valence-corrected chi connectivity index (χ3v) is 2.48. The average molecular weight is 270 g/mol. The maximum Gasteiger partial charge on any atom is 0.377 e. The fourth-order valence-corrected chi connectivity index (χ4v) is 1.59. The Labute approximate surface area is 107 Å². The van der Waals surface area contributed by atoms with Gasteiger partial charge in [0.2, 0.25) is 0 Å². The van der Waals surface area contributed by atoms with Crippen molar-refractivity contribution in [1.82, 2.24) is 14.8 Å². The standard InChI is InChI=1S/C11H9ClFN3O2/c1-18-11(17)10-14-6-16(15-10)5-7-4-8(12)2-3-9(7)13/h2-4,6H,5H2,1H3. The predicted octanol–water partition coefficient (Wildman–Crippen LogP) is 1.91. The van der Waals surface area contributed by atoms with Crippen molar-refractivity contribution in [3.05, 3.63) is 46.8 Å². The smallest absolute Gasteiger partial charge is 0.377 e. The molecule has 0 aliphatic carbocycles. The molecule has 0 saturated carbocycles. The Morgan fingerprint density at radius 1 is 1.56 bits per heavy atom. The van der Waals surface area contributed by atoms with E-state index in [4.69, 9.17) is 11.6 Å². The van der Waals surface area contributed by atoms with Crippen molar-refractivity contribution in [2.75, 3.05) is 7.11 Å². The number of rotatable bonds is 3. The molecule has 0 bridgehead atoms. The lowest BCUT2D eigenvalue weighted by Gasteiger charge is -2.03. The molecule has 94 valence electrons. The van der Waals surface area contributed by atoms with Crippen molar-refractivity contribution in [3.63, 3.8) is 0 Å². The van der Waals surface area contributed by atoms with Crippen LogP contribution in [0.2, 0.25) is 5.02 Å². The van der Waals surface area contributed by atoms with Gasteiger partial charge in [-0.15, -0.1) is 5.10 Å².